The Kier molecular flexibility index (Phi) is 7.56. The highest BCUT2D eigenvalue weighted by molar-refractivity contribution is 7.18. The van der Waals surface area contributed by atoms with Gasteiger partial charge in [0.05, 0.1) is 23.7 Å². The molecule has 0 unspecified atom stereocenters. The summed E-state index contributed by atoms with van der Waals surface area (Å²) in [6.07, 6.45) is 0. The van der Waals surface area contributed by atoms with E-state index in [0.29, 0.717) is 5.56 Å². The normalized spacial score (nSPS) is 10.3. The molecular formula is C16H22N2O6S. The van der Waals surface area contributed by atoms with Crippen LogP contribution in [0.1, 0.15) is 53.3 Å². The molecular weight excluding hydrogens is 348 g/mol. The number of anilines is 1. The molecule has 0 radical (unpaired) electrons. The highest BCUT2D eigenvalue weighted by Gasteiger charge is 2.28. The summed E-state index contributed by atoms with van der Waals surface area (Å²) in [4.78, 5) is 48.1. The van der Waals surface area contributed by atoms with E-state index < -0.39 is 17.8 Å². The van der Waals surface area contributed by atoms with Crippen molar-refractivity contribution in [2.24, 2.45) is 0 Å². The number of nitrogens with one attached hydrogen (secondary N) is 2. The molecule has 0 atom stereocenters. The molecule has 0 spiro atoms. The second-order valence-corrected chi connectivity index (χ2v) is 6.30. The molecule has 1 aromatic heterocycles. The smallest absolute Gasteiger partial charge is 0.397 e. The monoisotopic (exact) mass is 370 g/mol. The molecule has 1 heterocycles. The van der Waals surface area contributed by atoms with Crippen LogP contribution in [0.15, 0.2) is 0 Å². The number of rotatable bonds is 6. The predicted molar refractivity (Wildman–Crippen MR) is 92.9 cm³/mol. The van der Waals surface area contributed by atoms with E-state index in [4.69, 9.17) is 4.74 Å². The maximum Gasteiger partial charge on any atom is 0.397 e. The van der Waals surface area contributed by atoms with Crippen molar-refractivity contribution in [3.05, 3.63) is 16.0 Å². The van der Waals surface area contributed by atoms with Crippen LogP contribution >= 0.6 is 11.3 Å². The van der Waals surface area contributed by atoms with E-state index in [1.54, 1.807) is 34.6 Å². The van der Waals surface area contributed by atoms with Crippen LogP contribution in [0.25, 0.3) is 0 Å². The summed E-state index contributed by atoms with van der Waals surface area (Å²) in [7, 11) is 0. The van der Waals surface area contributed by atoms with E-state index in [1.165, 1.54) is 0 Å². The maximum absolute atomic E-state index is 12.3. The molecule has 0 aliphatic heterocycles. The van der Waals surface area contributed by atoms with Crippen LogP contribution < -0.4 is 10.6 Å². The van der Waals surface area contributed by atoms with Gasteiger partial charge in [-0.2, -0.15) is 0 Å². The van der Waals surface area contributed by atoms with E-state index in [2.05, 4.69) is 15.4 Å². The lowest BCUT2D eigenvalue weighted by Crippen LogP contribution is -2.29. The topological polar surface area (TPSA) is 111 Å². The largest absolute Gasteiger partial charge is 0.462 e. The first kappa shape index (κ1) is 20.6. The van der Waals surface area contributed by atoms with Crippen LogP contribution in [0, 0.1) is 6.92 Å². The summed E-state index contributed by atoms with van der Waals surface area (Å²) in [5, 5.41) is 5.12. The van der Waals surface area contributed by atoms with Crippen LogP contribution in [0.5, 0.6) is 0 Å². The van der Waals surface area contributed by atoms with Crippen molar-refractivity contribution >= 4 is 40.1 Å². The molecule has 0 aliphatic rings. The third-order valence-corrected chi connectivity index (χ3v) is 4.15. The zero-order valence-electron chi connectivity index (χ0n) is 14.8. The third kappa shape index (κ3) is 5.28. The van der Waals surface area contributed by atoms with Crippen LogP contribution in [-0.2, 0) is 19.1 Å². The Bertz CT molecular complexity index is 680. The average molecular weight is 370 g/mol. The van der Waals surface area contributed by atoms with Crippen LogP contribution in [0.4, 0.5) is 5.00 Å². The quantitative estimate of drug-likeness (QED) is 0.584. The highest BCUT2D eigenvalue weighted by atomic mass is 32.1. The fourth-order valence-corrected chi connectivity index (χ4v) is 3.04. The Balaban J connectivity index is 3.25. The molecule has 0 saturated carbocycles. The molecule has 1 rings (SSSR count). The Morgan fingerprint density at radius 3 is 2.20 bits per heavy atom. The van der Waals surface area contributed by atoms with Crippen LogP contribution in [0.3, 0.4) is 0 Å². The first-order valence-electron chi connectivity index (χ1n) is 7.82. The Morgan fingerprint density at radius 1 is 1.08 bits per heavy atom. The SMILES string of the molecule is CCOC(=O)C(=O)Nc1sc(C(=O)NC(C)C)c(C)c1C(=O)OCC. The number of carbonyl (C=O) groups excluding carboxylic acids is 4. The van der Waals surface area contributed by atoms with Gasteiger partial charge in [0.25, 0.3) is 5.91 Å². The average Bonchev–Trinajstić information content (AvgIpc) is 2.83. The van der Waals surface area contributed by atoms with Gasteiger partial charge in [-0.15, -0.1) is 11.3 Å². The lowest BCUT2D eigenvalue weighted by atomic mass is 10.1. The van der Waals surface area contributed by atoms with Crippen molar-refractivity contribution in [1.82, 2.24) is 5.32 Å². The zero-order valence-corrected chi connectivity index (χ0v) is 15.7. The minimum atomic E-state index is -1.07. The standard InChI is InChI=1S/C16H22N2O6S/c1-6-23-15(21)10-9(5)11(12(19)17-8(3)4)25-14(10)18-13(20)16(22)24-7-2/h8H,6-7H2,1-5H3,(H,17,19)(H,18,20). The van der Waals surface area contributed by atoms with E-state index in [0.717, 1.165) is 11.3 Å². The van der Waals surface area contributed by atoms with Gasteiger partial charge in [0.15, 0.2) is 0 Å². The van der Waals surface area contributed by atoms with Crippen LogP contribution in [-0.4, -0.2) is 43.0 Å². The van der Waals surface area contributed by atoms with Crippen molar-refractivity contribution in [3.63, 3.8) is 0 Å². The lowest BCUT2D eigenvalue weighted by Gasteiger charge is -2.07. The number of amides is 2. The zero-order chi connectivity index (χ0) is 19.1. The minimum absolute atomic E-state index is 0.0441. The lowest BCUT2D eigenvalue weighted by molar-refractivity contribution is -0.152. The van der Waals surface area contributed by atoms with Crippen molar-refractivity contribution in [2.45, 2.75) is 40.7 Å². The molecule has 9 heteroatoms. The fourth-order valence-electron chi connectivity index (χ4n) is 1.95. The fraction of sp³-hybridized carbons (Fsp3) is 0.500. The number of hydrogen-bond acceptors (Lipinski definition) is 7. The second-order valence-electron chi connectivity index (χ2n) is 5.28. The van der Waals surface area contributed by atoms with Gasteiger partial charge in [0.1, 0.15) is 5.00 Å². The van der Waals surface area contributed by atoms with Gasteiger partial charge in [-0.25, -0.2) is 9.59 Å². The Labute approximate surface area is 149 Å². The Hall–Kier alpha value is -2.42. The third-order valence-electron chi connectivity index (χ3n) is 2.94. The summed E-state index contributed by atoms with van der Waals surface area (Å²) in [6.45, 7) is 8.57. The second kappa shape index (κ2) is 9.16. The van der Waals surface area contributed by atoms with Gasteiger partial charge >= 0.3 is 17.8 Å². The van der Waals surface area contributed by atoms with Gasteiger partial charge in [0, 0.05) is 6.04 Å². The summed E-state index contributed by atoms with van der Waals surface area (Å²) in [6, 6.07) is -0.0994. The maximum atomic E-state index is 12.3. The van der Waals surface area contributed by atoms with E-state index in [1.807, 2.05) is 0 Å². The summed E-state index contributed by atoms with van der Waals surface area (Å²) in [5.74, 6) is -3.15. The number of hydrogen-bond donors (Lipinski definition) is 2. The molecule has 0 fully saturated rings. The molecule has 0 aromatic carbocycles. The van der Waals surface area contributed by atoms with Crippen molar-refractivity contribution in [2.75, 3.05) is 18.5 Å². The van der Waals surface area contributed by atoms with Gasteiger partial charge in [-0.05, 0) is 40.2 Å². The summed E-state index contributed by atoms with van der Waals surface area (Å²) < 4.78 is 9.60. The van der Waals surface area contributed by atoms with Crippen LogP contribution in [0.2, 0.25) is 0 Å². The molecule has 1 aromatic rings. The van der Waals surface area contributed by atoms with E-state index >= 15 is 0 Å². The predicted octanol–water partition coefficient (Wildman–Crippen LogP) is 1.87. The van der Waals surface area contributed by atoms with Gasteiger partial charge in [-0.1, -0.05) is 0 Å². The minimum Gasteiger partial charge on any atom is -0.462 e. The van der Waals surface area contributed by atoms with E-state index in [-0.39, 0.29) is 40.6 Å². The molecule has 25 heavy (non-hydrogen) atoms. The van der Waals surface area contributed by atoms with Gasteiger partial charge in [0.2, 0.25) is 0 Å². The van der Waals surface area contributed by atoms with Crippen molar-refractivity contribution < 1.29 is 28.7 Å². The molecule has 0 saturated heterocycles. The molecule has 2 N–H and O–H groups in total. The van der Waals surface area contributed by atoms with Crippen molar-refractivity contribution in [3.8, 4) is 0 Å². The summed E-state index contributed by atoms with van der Waals surface area (Å²) in [5.41, 5.74) is 0.430. The van der Waals surface area contributed by atoms with Gasteiger partial charge in [-0.3, -0.25) is 9.59 Å². The first-order chi connectivity index (χ1) is 11.7. The van der Waals surface area contributed by atoms with Crippen molar-refractivity contribution in [1.29, 1.82) is 0 Å². The summed E-state index contributed by atoms with van der Waals surface area (Å²) >= 11 is 0.902. The first-order valence-corrected chi connectivity index (χ1v) is 8.63. The molecule has 8 nitrogen and oxygen atoms in total. The van der Waals surface area contributed by atoms with E-state index in [9.17, 15) is 19.2 Å². The number of carbonyl (C=O) groups is 4. The molecule has 2 amide bonds. The number of ether oxygens (including phenoxy) is 2. The molecule has 0 aliphatic carbocycles. The van der Waals surface area contributed by atoms with Gasteiger partial charge < -0.3 is 20.1 Å². The Morgan fingerprint density at radius 2 is 1.68 bits per heavy atom. The molecule has 138 valence electrons. The number of esters is 2. The highest BCUT2D eigenvalue weighted by Crippen LogP contribution is 2.33. The molecule has 0 bridgehead atoms. The number of thiophene rings is 1.